The Bertz CT molecular complexity index is 810. The van der Waals surface area contributed by atoms with Crippen LogP contribution in [0.1, 0.15) is 59.9 Å². The smallest absolute Gasteiger partial charge is 0.0939 e. The highest BCUT2D eigenvalue weighted by atomic mass is 19.1. The number of ether oxygens (including phenoxy) is 1. The van der Waals surface area contributed by atoms with Crippen molar-refractivity contribution in [2.75, 3.05) is 6.67 Å². The molecule has 0 unspecified atom stereocenters. The summed E-state index contributed by atoms with van der Waals surface area (Å²) in [6.45, 7) is 4.95. The molecule has 150 valence electrons. The number of halogens is 1. The maximum Gasteiger partial charge on any atom is 0.0939 e. The maximum atomic E-state index is 13.0. The first-order valence-electron chi connectivity index (χ1n) is 10.7. The van der Waals surface area contributed by atoms with Gasteiger partial charge >= 0.3 is 0 Å². The Balaban J connectivity index is 1.42. The van der Waals surface area contributed by atoms with Crippen molar-refractivity contribution < 1.29 is 9.13 Å². The van der Waals surface area contributed by atoms with E-state index in [0.717, 1.165) is 38.6 Å². The normalized spacial score (nSPS) is 27.0. The van der Waals surface area contributed by atoms with Crippen LogP contribution in [0.2, 0.25) is 0 Å². The molecule has 1 saturated carbocycles. The predicted octanol–water partition coefficient (Wildman–Crippen LogP) is 5.53. The van der Waals surface area contributed by atoms with E-state index < -0.39 is 0 Å². The number of rotatable bonds is 5. The van der Waals surface area contributed by atoms with Crippen molar-refractivity contribution in [2.45, 2.75) is 76.7 Å². The molecule has 0 aromatic heterocycles. The Morgan fingerprint density at radius 3 is 2.64 bits per heavy atom. The van der Waals surface area contributed by atoms with Crippen molar-refractivity contribution in [1.29, 1.82) is 0 Å². The first kappa shape index (κ1) is 19.6. The Morgan fingerprint density at radius 2 is 1.89 bits per heavy atom. The molecule has 0 radical (unpaired) electrons. The van der Waals surface area contributed by atoms with Crippen molar-refractivity contribution in [3.8, 4) is 0 Å². The second kappa shape index (κ2) is 8.34. The Kier molecular flexibility index (Phi) is 5.84. The zero-order valence-electron chi connectivity index (χ0n) is 17.1. The van der Waals surface area contributed by atoms with Gasteiger partial charge in [0.15, 0.2) is 0 Å². The van der Waals surface area contributed by atoms with Gasteiger partial charge in [-0.25, -0.2) is 0 Å². The maximum absolute atomic E-state index is 13.0. The van der Waals surface area contributed by atoms with E-state index >= 15 is 0 Å². The molecule has 0 saturated heterocycles. The van der Waals surface area contributed by atoms with Crippen LogP contribution in [-0.4, -0.2) is 18.8 Å². The van der Waals surface area contributed by atoms with Gasteiger partial charge in [-0.05, 0) is 68.2 Å². The molecule has 1 aliphatic heterocycles. The first-order chi connectivity index (χ1) is 13.6. The number of fused-ring (bicyclic) bond motifs is 2. The molecule has 1 N–H and O–H groups in total. The molecule has 1 fully saturated rings. The lowest BCUT2D eigenvalue weighted by molar-refractivity contribution is -0.136. The van der Waals surface area contributed by atoms with Gasteiger partial charge in [0.05, 0.1) is 18.4 Å². The highest BCUT2D eigenvalue weighted by Gasteiger charge is 2.43. The van der Waals surface area contributed by atoms with Gasteiger partial charge in [-0.2, -0.15) is 0 Å². The number of benzene rings is 2. The Morgan fingerprint density at radius 1 is 1.11 bits per heavy atom. The molecule has 28 heavy (non-hydrogen) atoms. The molecule has 2 aromatic carbocycles. The van der Waals surface area contributed by atoms with Crippen molar-refractivity contribution in [3.63, 3.8) is 0 Å². The van der Waals surface area contributed by atoms with E-state index in [1.165, 1.54) is 27.8 Å². The molecule has 1 aliphatic carbocycles. The van der Waals surface area contributed by atoms with Crippen LogP contribution in [0.15, 0.2) is 42.5 Å². The lowest BCUT2D eigenvalue weighted by Gasteiger charge is -2.47. The number of aryl methyl sites for hydroxylation is 2. The molecule has 2 nitrogen and oxygen atoms in total. The van der Waals surface area contributed by atoms with Crippen LogP contribution >= 0.6 is 0 Å². The van der Waals surface area contributed by atoms with Crippen LogP contribution in [-0.2, 0) is 23.3 Å². The van der Waals surface area contributed by atoms with Crippen molar-refractivity contribution in [3.05, 3.63) is 70.3 Å². The minimum atomic E-state index is -0.303. The van der Waals surface area contributed by atoms with Crippen LogP contribution in [0.5, 0.6) is 0 Å². The fourth-order valence-electron chi connectivity index (χ4n) is 5.07. The molecule has 1 heterocycles. The summed E-state index contributed by atoms with van der Waals surface area (Å²) in [5, 5.41) is 3.76. The third-order valence-electron chi connectivity index (χ3n) is 6.65. The van der Waals surface area contributed by atoms with Crippen LogP contribution in [0, 0.1) is 13.8 Å². The van der Waals surface area contributed by atoms with Crippen molar-refractivity contribution in [1.82, 2.24) is 5.32 Å². The summed E-state index contributed by atoms with van der Waals surface area (Å²) >= 11 is 0. The summed E-state index contributed by atoms with van der Waals surface area (Å²) in [7, 11) is 0. The molecular formula is C25H32FNO. The summed E-state index contributed by atoms with van der Waals surface area (Å²) in [5.41, 5.74) is 6.54. The summed E-state index contributed by atoms with van der Waals surface area (Å²) in [6.07, 6.45) is 5.58. The Hall–Kier alpha value is -1.71. The number of alkyl halides is 1. The van der Waals surface area contributed by atoms with Crippen LogP contribution in [0.4, 0.5) is 4.39 Å². The second-order valence-electron chi connectivity index (χ2n) is 8.66. The zero-order chi connectivity index (χ0) is 19.6. The van der Waals surface area contributed by atoms with E-state index in [4.69, 9.17) is 4.74 Å². The van der Waals surface area contributed by atoms with Gasteiger partial charge in [0.1, 0.15) is 0 Å². The van der Waals surface area contributed by atoms with E-state index in [1.54, 1.807) is 0 Å². The first-order valence-corrected chi connectivity index (χ1v) is 10.7. The molecular weight excluding hydrogens is 349 g/mol. The zero-order valence-corrected chi connectivity index (χ0v) is 17.1. The number of nitrogens with one attached hydrogen (secondary N) is 1. The fraction of sp³-hybridized carbons (Fsp3) is 0.520. The average Bonchev–Trinajstić information content (AvgIpc) is 2.69. The monoisotopic (exact) mass is 381 g/mol. The number of hydrogen-bond acceptors (Lipinski definition) is 2. The van der Waals surface area contributed by atoms with E-state index in [9.17, 15) is 4.39 Å². The van der Waals surface area contributed by atoms with Gasteiger partial charge in [0.2, 0.25) is 0 Å². The lowest BCUT2D eigenvalue weighted by Crippen LogP contribution is -2.46. The standard InChI is InChI=1S/C25H32FNO/c1-18-7-8-21(19(2)15-18)17-27-22-9-12-25(13-10-22)24-6-4-3-5-20(24)16-23(28-25)11-14-26/h3-8,15,22-23,27H,9-14,16-17H2,1-2H3/t22?,23-,25?/m0/s1. The minimum absolute atomic E-state index is 0.0135. The lowest BCUT2D eigenvalue weighted by atomic mass is 9.73. The fourth-order valence-corrected chi connectivity index (χ4v) is 5.07. The average molecular weight is 382 g/mol. The molecule has 2 aliphatic rings. The van der Waals surface area contributed by atoms with Crippen molar-refractivity contribution in [2.24, 2.45) is 0 Å². The van der Waals surface area contributed by atoms with Crippen molar-refractivity contribution >= 4 is 0 Å². The Labute approximate surface area is 168 Å². The van der Waals surface area contributed by atoms with E-state index in [1.807, 2.05) is 0 Å². The summed E-state index contributed by atoms with van der Waals surface area (Å²) < 4.78 is 19.6. The number of hydrogen-bond donors (Lipinski definition) is 1. The van der Waals surface area contributed by atoms with Gasteiger partial charge in [-0.3, -0.25) is 4.39 Å². The quantitative estimate of drug-likeness (QED) is 0.735. The van der Waals surface area contributed by atoms with Gasteiger partial charge in [0, 0.05) is 19.0 Å². The third kappa shape index (κ3) is 4.01. The van der Waals surface area contributed by atoms with Gasteiger partial charge < -0.3 is 10.1 Å². The minimum Gasteiger partial charge on any atom is -0.367 e. The van der Waals surface area contributed by atoms with E-state index in [-0.39, 0.29) is 18.4 Å². The van der Waals surface area contributed by atoms with Crippen LogP contribution < -0.4 is 5.32 Å². The predicted molar refractivity (Wildman–Crippen MR) is 112 cm³/mol. The van der Waals surface area contributed by atoms with Crippen LogP contribution in [0.3, 0.4) is 0 Å². The van der Waals surface area contributed by atoms with E-state index in [2.05, 4.69) is 61.6 Å². The molecule has 0 bridgehead atoms. The largest absolute Gasteiger partial charge is 0.367 e. The second-order valence-corrected chi connectivity index (χ2v) is 8.66. The van der Waals surface area contributed by atoms with Crippen LogP contribution in [0.25, 0.3) is 0 Å². The molecule has 1 atom stereocenters. The molecule has 0 amide bonds. The SMILES string of the molecule is Cc1ccc(CNC2CCC3(CC2)O[C@@H](CCF)Cc2ccccc23)c(C)c1. The van der Waals surface area contributed by atoms with Gasteiger partial charge in [-0.15, -0.1) is 0 Å². The van der Waals surface area contributed by atoms with Gasteiger partial charge in [0.25, 0.3) is 0 Å². The molecule has 2 aromatic rings. The molecule has 4 rings (SSSR count). The molecule has 3 heteroatoms. The summed E-state index contributed by atoms with van der Waals surface area (Å²) in [4.78, 5) is 0. The summed E-state index contributed by atoms with van der Waals surface area (Å²) in [5.74, 6) is 0. The topological polar surface area (TPSA) is 21.3 Å². The highest BCUT2D eigenvalue weighted by Crippen LogP contribution is 2.46. The van der Waals surface area contributed by atoms with E-state index in [0.29, 0.717) is 12.5 Å². The third-order valence-corrected chi connectivity index (χ3v) is 6.65. The van der Waals surface area contributed by atoms with Gasteiger partial charge in [-0.1, -0.05) is 48.0 Å². The molecule has 1 spiro atoms. The summed E-state index contributed by atoms with van der Waals surface area (Å²) in [6, 6.07) is 15.8. The highest BCUT2D eigenvalue weighted by molar-refractivity contribution is 5.36.